The average Bonchev–Trinajstić information content (AvgIpc) is 2.51. The second-order valence-electron chi connectivity index (χ2n) is 5.98. The highest BCUT2D eigenvalue weighted by Gasteiger charge is 2.08. The number of hydrogen-bond acceptors (Lipinski definition) is 2. The van der Waals surface area contributed by atoms with E-state index >= 15 is 0 Å². The zero-order chi connectivity index (χ0) is 16.0. The largest absolute Gasteiger partial charge is 0.378 e. The predicted octanol–water partition coefficient (Wildman–Crippen LogP) is 3.66. The van der Waals surface area contributed by atoms with Gasteiger partial charge in [-0.15, -0.1) is 0 Å². The fraction of sp³-hybridized carbons (Fsp3) is 0.300. The molecule has 0 spiro atoms. The van der Waals surface area contributed by atoms with Crippen molar-refractivity contribution in [3.05, 3.63) is 71.3 Å². The maximum absolute atomic E-state index is 9.75. The van der Waals surface area contributed by atoms with Gasteiger partial charge in [0.1, 0.15) is 5.60 Å². The van der Waals surface area contributed by atoms with Crippen molar-refractivity contribution in [3.8, 4) is 11.8 Å². The molecule has 0 radical (unpaired) electrons. The zero-order valence-corrected chi connectivity index (χ0v) is 13.4. The van der Waals surface area contributed by atoms with Gasteiger partial charge in [-0.25, -0.2) is 0 Å². The van der Waals surface area contributed by atoms with Crippen LogP contribution in [0.5, 0.6) is 0 Å². The van der Waals surface area contributed by atoms with Crippen LogP contribution in [0.3, 0.4) is 0 Å². The first-order valence-electron chi connectivity index (χ1n) is 7.57. The Hall–Kier alpha value is -2.08. The van der Waals surface area contributed by atoms with Gasteiger partial charge < -0.3 is 10.4 Å². The number of benzene rings is 2. The fourth-order valence-corrected chi connectivity index (χ4v) is 2.14. The van der Waals surface area contributed by atoms with Crippen LogP contribution in [0.4, 0.5) is 0 Å². The lowest BCUT2D eigenvalue weighted by Crippen LogP contribution is -2.18. The minimum atomic E-state index is -0.974. The molecule has 0 aromatic heterocycles. The van der Waals surface area contributed by atoms with Gasteiger partial charge >= 0.3 is 0 Å². The van der Waals surface area contributed by atoms with Crippen molar-refractivity contribution in [1.29, 1.82) is 0 Å². The Morgan fingerprint density at radius 3 is 2.36 bits per heavy atom. The van der Waals surface area contributed by atoms with Gasteiger partial charge in [0.25, 0.3) is 0 Å². The molecule has 2 heteroatoms. The first-order chi connectivity index (χ1) is 10.5. The van der Waals surface area contributed by atoms with E-state index in [0.717, 1.165) is 17.7 Å². The molecule has 1 atom stereocenters. The van der Waals surface area contributed by atoms with E-state index in [4.69, 9.17) is 0 Å². The summed E-state index contributed by atoms with van der Waals surface area (Å²) >= 11 is 0. The summed E-state index contributed by atoms with van der Waals surface area (Å²) in [5, 5.41) is 13.3. The summed E-state index contributed by atoms with van der Waals surface area (Å²) in [4.78, 5) is 0. The lowest BCUT2D eigenvalue weighted by molar-refractivity contribution is 0.143. The highest BCUT2D eigenvalue weighted by molar-refractivity contribution is 5.42. The minimum Gasteiger partial charge on any atom is -0.378 e. The van der Waals surface area contributed by atoms with Gasteiger partial charge in [0.15, 0.2) is 0 Å². The van der Waals surface area contributed by atoms with Gasteiger partial charge in [-0.2, -0.15) is 0 Å². The van der Waals surface area contributed by atoms with Gasteiger partial charge in [-0.1, -0.05) is 60.4 Å². The number of aliphatic hydroxyl groups is 1. The summed E-state index contributed by atoms with van der Waals surface area (Å²) < 4.78 is 0. The minimum absolute atomic E-state index is 0.275. The van der Waals surface area contributed by atoms with Crippen LogP contribution < -0.4 is 5.32 Å². The summed E-state index contributed by atoms with van der Waals surface area (Å²) in [7, 11) is 0. The lowest BCUT2D eigenvalue weighted by atomic mass is 10.0. The number of rotatable bonds is 4. The second-order valence-corrected chi connectivity index (χ2v) is 5.98. The van der Waals surface area contributed by atoms with E-state index in [2.05, 4.69) is 54.4 Å². The maximum Gasteiger partial charge on any atom is 0.120 e. The van der Waals surface area contributed by atoms with Crippen LogP contribution in [0.15, 0.2) is 54.6 Å². The summed E-state index contributed by atoms with van der Waals surface area (Å²) in [5.74, 6) is 5.95. The molecule has 114 valence electrons. The van der Waals surface area contributed by atoms with Crippen molar-refractivity contribution in [3.63, 3.8) is 0 Å². The Bertz CT molecular complexity index is 659. The molecule has 2 rings (SSSR count). The quantitative estimate of drug-likeness (QED) is 0.843. The molecule has 0 aliphatic heterocycles. The Morgan fingerprint density at radius 1 is 1.05 bits per heavy atom. The zero-order valence-electron chi connectivity index (χ0n) is 13.4. The smallest absolute Gasteiger partial charge is 0.120 e. The van der Waals surface area contributed by atoms with Crippen molar-refractivity contribution in [2.45, 2.75) is 39.0 Å². The molecule has 0 heterocycles. The molecule has 0 aliphatic rings. The third kappa shape index (κ3) is 5.04. The molecule has 1 unspecified atom stereocenters. The van der Waals surface area contributed by atoms with Crippen LogP contribution in [0.1, 0.15) is 43.5 Å². The molecule has 0 aliphatic carbocycles. The third-order valence-electron chi connectivity index (χ3n) is 3.42. The summed E-state index contributed by atoms with van der Waals surface area (Å²) in [6.07, 6.45) is 0. The molecule has 2 aromatic carbocycles. The summed E-state index contributed by atoms with van der Waals surface area (Å²) in [6.45, 7) is 6.28. The highest BCUT2D eigenvalue weighted by Crippen LogP contribution is 2.14. The van der Waals surface area contributed by atoms with Crippen molar-refractivity contribution >= 4 is 0 Å². The second kappa shape index (κ2) is 7.26. The van der Waals surface area contributed by atoms with E-state index in [1.165, 1.54) is 5.56 Å². The molecule has 2 aromatic rings. The topological polar surface area (TPSA) is 32.3 Å². The third-order valence-corrected chi connectivity index (χ3v) is 3.42. The van der Waals surface area contributed by atoms with Crippen LogP contribution >= 0.6 is 0 Å². The van der Waals surface area contributed by atoms with Crippen molar-refractivity contribution in [1.82, 2.24) is 5.32 Å². The molecule has 0 amide bonds. The van der Waals surface area contributed by atoms with Gasteiger partial charge in [0.05, 0.1) is 0 Å². The SMILES string of the molecule is CC(NCc1ccccc1C#CC(C)(C)O)c1ccccc1. The van der Waals surface area contributed by atoms with Gasteiger partial charge in [-0.05, 0) is 38.0 Å². The van der Waals surface area contributed by atoms with Crippen molar-refractivity contribution < 1.29 is 5.11 Å². The van der Waals surface area contributed by atoms with E-state index in [9.17, 15) is 5.11 Å². The van der Waals surface area contributed by atoms with Crippen LogP contribution in [0.2, 0.25) is 0 Å². The molecule has 0 saturated carbocycles. The summed E-state index contributed by atoms with van der Waals surface area (Å²) in [5.41, 5.74) is 2.39. The summed E-state index contributed by atoms with van der Waals surface area (Å²) in [6, 6.07) is 18.7. The Labute approximate surface area is 133 Å². The van der Waals surface area contributed by atoms with E-state index in [1.54, 1.807) is 13.8 Å². The van der Waals surface area contributed by atoms with Gasteiger partial charge in [-0.3, -0.25) is 0 Å². The molecule has 0 saturated heterocycles. The van der Waals surface area contributed by atoms with Gasteiger partial charge in [0.2, 0.25) is 0 Å². The molecule has 22 heavy (non-hydrogen) atoms. The first-order valence-corrected chi connectivity index (χ1v) is 7.57. The normalized spacial score (nSPS) is 12.4. The van der Waals surface area contributed by atoms with Crippen LogP contribution in [-0.4, -0.2) is 10.7 Å². The fourth-order valence-electron chi connectivity index (χ4n) is 2.14. The van der Waals surface area contributed by atoms with E-state index in [0.29, 0.717) is 0 Å². The molecular weight excluding hydrogens is 270 g/mol. The Kier molecular flexibility index (Phi) is 5.38. The highest BCUT2D eigenvalue weighted by atomic mass is 16.3. The molecular formula is C20H23NO. The monoisotopic (exact) mass is 293 g/mol. The van der Waals surface area contributed by atoms with Crippen LogP contribution in [0.25, 0.3) is 0 Å². The molecule has 0 fully saturated rings. The number of hydrogen-bond donors (Lipinski definition) is 2. The molecule has 2 nitrogen and oxygen atoms in total. The average molecular weight is 293 g/mol. The number of nitrogens with one attached hydrogen (secondary N) is 1. The Morgan fingerprint density at radius 2 is 1.68 bits per heavy atom. The Balaban J connectivity index is 2.08. The van der Waals surface area contributed by atoms with E-state index in [-0.39, 0.29) is 6.04 Å². The predicted molar refractivity (Wildman–Crippen MR) is 91.3 cm³/mol. The van der Waals surface area contributed by atoms with Crippen LogP contribution in [0, 0.1) is 11.8 Å². The van der Waals surface area contributed by atoms with Gasteiger partial charge in [0, 0.05) is 18.2 Å². The molecule has 0 bridgehead atoms. The van der Waals surface area contributed by atoms with E-state index < -0.39 is 5.60 Å². The standard InChI is InChI=1S/C20H23NO/c1-16(17-9-5-4-6-10-17)21-15-19-12-8-7-11-18(19)13-14-20(2,3)22/h4-12,16,21-22H,15H2,1-3H3. The van der Waals surface area contributed by atoms with Crippen LogP contribution in [-0.2, 0) is 6.54 Å². The van der Waals surface area contributed by atoms with Crippen molar-refractivity contribution in [2.24, 2.45) is 0 Å². The lowest BCUT2D eigenvalue weighted by Gasteiger charge is -2.15. The molecule has 2 N–H and O–H groups in total. The van der Waals surface area contributed by atoms with Crippen molar-refractivity contribution in [2.75, 3.05) is 0 Å². The van der Waals surface area contributed by atoms with E-state index in [1.807, 2.05) is 24.3 Å². The maximum atomic E-state index is 9.75. The first kappa shape index (κ1) is 16.3.